The van der Waals surface area contributed by atoms with Crippen molar-refractivity contribution in [2.24, 2.45) is 11.8 Å². The zero-order valence-corrected chi connectivity index (χ0v) is 16.2. The Morgan fingerprint density at radius 2 is 1.57 bits per heavy atom. The summed E-state index contributed by atoms with van der Waals surface area (Å²) in [5, 5.41) is 10.5. The second kappa shape index (κ2) is 12.9. The number of rotatable bonds is 13. The topological polar surface area (TPSA) is 20.2 Å². The van der Waals surface area contributed by atoms with Crippen LogP contribution in [0.4, 0.5) is 0 Å². The van der Waals surface area contributed by atoms with Crippen LogP contribution in [0.1, 0.15) is 71.3 Å². The summed E-state index contributed by atoms with van der Waals surface area (Å²) in [5.41, 5.74) is 1.39. The molecule has 1 rings (SSSR count). The first-order valence-electron chi connectivity index (χ1n) is 9.44. The predicted octanol–water partition coefficient (Wildman–Crippen LogP) is 6.30. The average molecular weight is 337 g/mol. The van der Waals surface area contributed by atoms with E-state index in [4.69, 9.17) is 0 Å². The molecule has 3 unspecified atom stereocenters. The maximum Gasteiger partial charge on any atom is 0.0591 e. The number of aliphatic hydroxyl groups excluding tert-OH is 1. The normalized spacial score (nSPS) is 15.3. The Kier molecular flexibility index (Phi) is 11.5. The fourth-order valence-electron chi connectivity index (χ4n) is 3.01. The van der Waals surface area contributed by atoms with Crippen molar-refractivity contribution in [2.45, 2.75) is 77.6 Å². The first-order valence-corrected chi connectivity index (χ1v) is 10.6. The minimum Gasteiger partial charge on any atom is -0.393 e. The number of thioether (sulfide) groups is 1. The highest BCUT2D eigenvalue weighted by molar-refractivity contribution is 7.98. The van der Waals surface area contributed by atoms with Crippen LogP contribution >= 0.6 is 11.8 Å². The van der Waals surface area contributed by atoms with Crippen LogP contribution < -0.4 is 0 Å². The van der Waals surface area contributed by atoms with Gasteiger partial charge in [0.15, 0.2) is 0 Å². The zero-order valence-electron chi connectivity index (χ0n) is 15.3. The van der Waals surface area contributed by atoms with Crippen molar-refractivity contribution >= 4 is 11.8 Å². The van der Waals surface area contributed by atoms with Crippen LogP contribution in [-0.4, -0.2) is 17.0 Å². The van der Waals surface area contributed by atoms with E-state index in [1.165, 1.54) is 44.1 Å². The van der Waals surface area contributed by atoms with Crippen molar-refractivity contribution < 1.29 is 5.11 Å². The van der Waals surface area contributed by atoms with Gasteiger partial charge in [-0.2, -0.15) is 11.8 Å². The Hall–Kier alpha value is -0.470. The molecule has 0 amide bonds. The van der Waals surface area contributed by atoms with Gasteiger partial charge >= 0.3 is 0 Å². The summed E-state index contributed by atoms with van der Waals surface area (Å²) in [6.45, 7) is 6.68. The molecule has 0 saturated carbocycles. The van der Waals surface area contributed by atoms with Crippen molar-refractivity contribution in [1.82, 2.24) is 0 Å². The molecule has 0 aromatic heterocycles. The van der Waals surface area contributed by atoms with Gasteiger partial charge in [0.2, 0.25) is 0 Å². The molecule has 0 radical (unpaired) electrons. The lowest BCUT2D eigenvalue weighted by Crippen LogP contribution is -2.26. The smallest absolute Gasteiger partial charge is 0.0591 e. The molecule has 23 heavy (non-hydrogen) atoms. The van der Waals surface area contributed by atoms with Gasteiger partial charge in [-0.05, 0) is 36.0 Å². The van der Waals surface area contributed by atoms with Gasteiger partial charge in [-0.15, -0.1) is 0 Å². The van der Waals surface area contributed by atoms with Crippen LogP contribution in [0.2, 0.25) is 0 Å². The molecule has 2 heteroatoms. The van der Waals surface area contributed by atoms with E-state index in [1.54, 1.807) is 0 Å². The number of hydrogen-bond donors (Lipinski definition) is 1. The standard InChI is InChI=1S/C21H36OS/c1-4-5-6-7-9-12-18(2)21(22)19(3)15-16-23-17-20-13-10-8-11-14-20/h8,10-11,13-14,18-19,21-22H,4-7,9,12,15-17H2,1-3H3. The summed E-state index contributed by atoms with van der Waals surface area (Å²) in [6.07, 6.45) is 8.75. The molecule has 0 aliphatic heterocycles. The summed E-state index contributed by atoms with van der Waals surface area (Å²) < 4.78 is 0. The van der Waals surface area contributed by atoms with Gasteiger partial charge in [-0.25, -0.2) is 0 Å². The monoisotopic (exact) mass is 336 g/mol. The van der Waals surface area contributed by atoms with Crippen LogP contribution in [0, 0.1) is 11.8 Å². The van der Waals surface area contributed by atoms with E-state index < -0.39 is 0 Å². The average Bonchev–Trinajstić information content (AvgIpc) is 2.58. The van der Waals surface area contributed by atoms with E-state index in [9.17, 15) is 5.11 Å². The van der Waals surface area contributed by atoms with Crippen LogP contribution in [0.5, 0.6) is 0 Å². The molecule has 1 aromatic carbocycles. The van der Waals surface area contributed by atoms with Gasteiger partial charge in [-0.3, -0.25) is 0 Å². The first kappa shape index (κ1) is 20.6. The fourth-order valence-corrected chi connectivity index (χ4v) is 4.12. The lowest BCUT2D eigenvalue weighted by Gasteiger charge is -2.25. The molecular weight excluding hydrogens is 300 g/mol. The molecule has 0 aliphatic carbocycles. The van der Waals surface area contributed by atoms with Crippen LogP contribution in [0.15, 0.2) is 30.3 Å². The maximum atomic E-state index is 10.5. The third-order valence-corrected chi connectivity index (χ3v) is 5.82. The second-order valence-electron chi connectivity index (χ2n) is 6.97. The fraction of sp³-hybridized carbons (Fsp3) is 0.714. The molecule has 0 bridgehead atoms. The summed E-state index contributed by atoms with van der Waals surface area (Å²) in [7, 11) is 0. The molecule has 1 nitrogen and oxygen atoms in total. The van der Waals surface area contributed by atoms with Crippen LogP contribution in [0.25, 0.3) is 0 Å². The molecule has 1 aromatic rings. The van der Waals surface area contributed by atoms with Gasteiger partial charge in [0.05, 0.1) is 6.10 Å². The maximum absolute atomic E-state index is 10.5. The quantitative estimate of drug-likeness (QED) is 0.426. The summed E-state index contributed by atoms with van der Waals surface area (Å²) in [6, 6.07) is 10.6. The lowest BCUT2D eigenvalue weighted by molar-refractivity contribution is 0.0589. The second-order valence-corrected chi connectivity index (χ2v) is 8.08. The lowest BCUT2D eigenvalue weighted by atomic mass is 9.88. The van der Waals surface area contributed by atoms with Gasteiger partial charge in [0, 0.05) is 5.75 Å². The predicted molar refractivity (Wildman–Crippen MR) is 105 cm³/mol. The van der Waals surface area contributed by atoms with E-state index in [1.807, 2.05) is 11.8 Å². The molecule has 0 heterocycles. The Bertz CT molecular complexity index is 379. The SMILES string of the molecule is CCCCCCCC(C)C(O)C(C)CCSCc1ccccc1. The third kappa shape index (κ3) is 9.42. The molecule has 0 aliphatic rings. The summed E-state index contributed by atoms with van der Waals surface area (Å²) in [5.74, 6) is 3.06. The van der Waals surface area contributed by atoms with E-state index in [2.05, 4.69) is 51.1 Å². The molecule has 132 valence electrons. The molecule has 1 N–H and O–H groups in total. The zero-order chi connectivity index (χ0) is 16.9. The largest absolute Gasteiger partial charge is 0.393 e. The van der Waals surface area contributed by atoms with Crippen LogP contribution in [0.3, 0.4) is 0 Å². The Morgan fingerprint density at radius 3 is 2.26 bits per heavy atom. The van der Waals surface area contributed by atoms with Crippen molar-refractivity contribution in [3.63, 3.8) is 0 Å². The van der Waals surface area contributed by atoms with Crippen molar-refractivity contribution in [1.29, 1.82) is 0 Å². The third-order valence-electron chi connectivity index (χ3n) is 4.76. The highest BCUT2D eigenvalue weighted by atomic mass is 32.2. The van der Waals surface area contributed by atoms with E-state index in [0.29, 0.717) is 11.8 Å². The van der Waals surface area contributed by atoms with Crippen LogP contribution in [-0.2, 0) is 5.75 Å². The van der Waals surface area contributed by atoms with Crippen molar-refractivity contribution in [3.05, 3.63) is 35.9 Å². The van der Waals surface area contributed by atoms with Crippen molar-refractivity contribution in [3.8, 4) is 0 Å². The van der Waals surface area contributed by atoms with Gasteiger partial charge < -0.3 is 5.11 Å². The molecular formula is C21H36OS. The van der Waals surface area contributed by atoms with E-state index >= 15 is 0 Å². The Labute approximate surface area is 148 Å². The minimum absolute atomic E-state index is 0.140. The summed E-state index contributed by atoms with van der Waals surface area (Å²) in [4.78, 5) is 0. The Balaban J connectivity index is 2.11. The number of aliphatic hydroxyl groups is 1. The molecule has 3 atom stereocenters. The minimum atomic E-state index is -0.140. The van der Waals surface area contributed by atoms with Gasteiger partial charge in [0.25, 0.3) is 0 Å². The van der Waals surface area contributed by atoms with Crippen molar-refractivity contribution in [2.75, 3.05) is 5.75 Å². The number of benzene rings is 1. The highest BCUT2D eigenvalue weighted by Gasteiger charge is 2.20. The Morgan fingerprint density at radius 1 is 0.913 bits per heavy atom. The van der Waals surface area contributed by atoms with Gasteiger partial charge in [0.1, 0.15) is 0 Å². The first-order chi connectivity index (χ1) is 11.1. The van der Waals surface area contributed by atoms with Gasteiger partial charge in [-0.1, -0.05) is 83.2 Å². The van der Waals surface area contributed by atoms with E-state index in [0.717, 1.165) is 17.9 Å². The van der Waals surface area contributed by atoms with E-state index in [-0.39, 0.29) is 6.10 Å². The number of unbranched alkanes of at least 4 members (excludes halogenated alkanes) is 4. The highest BCUT2D eigenvalue weighted by Crippen LogP contribution is 2.24. The summed E-state index contributed by atoms with van der Waals surface area (Å²) >= 11 is 1.98. The molecule has 0 spiro atoms. The molecule has 0 fully saturated rings. The number of hydrogen-bond acceptors (Lipinski definition) is 2. The molecule has 0 saturated heterocycles.